The third-order valence-corrected chi connectivity index (χ3v) is 15.7. The average molecular weight is 1080 g/mol. The largest absolute Gasteiger partial charge is 0.394 e. The summed E-state index contributed by atoms with van der Waals surface area (Å²) < 4.78 is 35.8. The van der Waals surface area contributed by atoms with Crippen molar-refractivity contribution >= 4 is 5.91 Å². The van der Waals surface area contributed by atoms with Crippen molar-refractivity contribution < 1.29 is 74.1 Å². The number of amides is 1. The number of nitrogens with one attached hydrogen (secondary N) is 1. The Morgan fingerprint density at radius 3 is 1.21 bits per heavy atom. The first-order chi connectivity index (χ1) is 36.3. The number of hydrogen-bond donors (Lipinski definition) is 9. The number of aliphatic hydroxyl groups is 8. The summed E-state index contributed by atoms with van der Waals surface area (Å²) in [6.07, 6.45) is 18.7. The van der Waals surface area contributed by atoms with Crippen molar-refractivity contribution in [2.75, 3.05) is 39.4 Å². The van der Waals surface area contributed by atoms with Crippen molar-refractivity contribution in [3.63, 3.8) is 0 Å². The molecule has 0 spiro atoms. The van der Waals surface area contributed by atoms with Gasteiger partial charge in [0.05, 0.1) is 32.0 Å². The van der Waals surface area contributed by atoms with E-state index in [0.717, 1.165) is 32.1 Å². The normalized spacial score (nSPS) is 30.3. The van der Waals surface area contributed by atoms with Crippen molar-refractivity contribution in [1.82, 2.24) is 10.2 Å². The maximum Gasteiger partial charge on any atom is 0.234 e. The van der Waals surface area contributed by atoms with Crippen LogP contribution in [0.4, 0.5) is 0 Å². The Hall–Kier alpha value is -1.13. The summed E-state index contributed by atoms with van der Waals surface area (Å²) >= 11 is 0. The summed E-state index contributed by atoms with van der Waals surface area (Å²) in [6, 6.07) is 0. The number of unbranched alkanes of at least 4 members (excludes halogenated alkanes) is 30. The maximum atomic E-state index is 13.4. The van der Waals surface area contributed by atoms with E-state index >= 15 is 0 Å². The Balaban J connectivity index is 1.53. The van der Waals surface area contributed by atoms with Gasteiger partial charge in [0.15, 0.2) is 18.9 Å². The van der Waals surface area contributed by atoms with Crippen LogP contribution in [0.25, 0.3) is 0 Å². The highest BCUT2D eigenvalue weighted by atomic mass is 16.8. The molecule has 75 heavy (non-hydrogen) atoms. The van der Waals surface area contributed by atoms with Crippen molar-refractivity contribution in [3.8, 4) is 0 Å². The molecule has 3 saturated heterocycles. The lowest BCUT2D eigenvalue weighted by Gasteiger charge is -2.48. The predicted octanol–water partition coefficient (Wildman–Crippen LogP) is 7.45. The SMILES string of the molecule is CCCCCCCCCCCCCCCCCCNC(=O)CN(CCCCCCCCCCCCCCCCCC)CCO[C@@H]1O[C@H](CO)[C@@H](O[C@@H]2O[C@@H](C)[C@H](O)[C@@H](O)[C@H]2O)[C@H](O)[C@H]1O[C@@H]1O[C@@H](C)[C@H](O)[C@@H](O)[C@H]1O. The number of nitrogens with zero attached hydrogens (tertiary/aromatic N) is 1. The number of carbonyl (C=O) groups excluding carboxylic acids is 1. The van der Waals surface area contributed by atoms with E-state index in [1.165, 1.54) is 187 Å². The van der Waals surface area contributed by atoms with Crippen LogP contribution < -0.4 is 5.32 Å². The van der Waals surface area contributed by atoms with Crippen molar-refractivity contribution in [3.05, 3.63) is 0 Å². The molecule has 0 aromatic carbocycles. The highest BCUT2D eigenvalue weighted by molar-refractivity contribution is 5.77. The summed E-state index contributed by atoms with van der Waals surface area (Å²) in [4.78, 5) is 15.4. The van der Waals surface area contributed by atoms with Crippen LogP contribution in [0.3, 0.4) is 0 Å². The lowest BCUT2D eigenvalue weighted by atomic mass is 9.96. The minimum Gasteiger partial charge on any atom is -0.394 e. The molecule has 0 saturated carbocycles. The van der Waals surface area contributed by atoms with E-state index in [-0.39, 0.29) is 19.1 Å². The second-order valence-electron chi connectivity index (χ2n) is 22.4. The van der Waals surface area contributed by atoms with Crippen LogP contribution in [0.15, 0.2) is 0 Å². The van der Waals surface area contributed by atoms with Crippen molar-refractivity contribution in [2.24, 2.45) is 0 Å². The van der Waals surface area contributed by atoms with Crippen LogP contribution in [0.1, 0.15) is 233 Å². The first kappa shape index (κ1) is 68.1. The Bertz CT molecular complexity index is 1380. The van der Waals surface area contributed by atoms with Gasteiger partial charge < -0.3 is 74.6 Å². The molecule has 3 aliphatic heterocycles. The van der Waals surface area contributed by atoms with E-state index in [0.29, 0.717) is 19.6 Å². The second-order valence-corrected chi connectivity index (χ2v) is 22.4. The standard InChI is InChI=1S/C58H112N2O15/c1-5-7-9-11-13-15-17-19-21-23-25-27-29-31-33-35-37-59-46(62)41-60(38-36-34-32-30-28-26-24-22-20-18-16-14-12-10-8-6-2)39-40-70-58-55(75-57-52(68)50(66)48(64)44(4)72-57)53(69)54(45(42-61)73-58)74-56-51(67)49(65)47(63)43(3)71-56/h43-45,47-58,61,63-69H,5-42H2,1-4H3,(H,59,62)/t43-,44-,45+,47-,48-,49+,50+,51+,52+,53-,54+,55+,56-,57-,58+/m0/s1. The van der Waals surface area contributed by atoms with Crippen LogP contribution in [-0.4, -0.2) is 183 Å². The molecule has 3 fully saturated rings. The zero-order valence-corrected chi connectivity index (χ0v) is 47.4. The van der Waals surface area contributed by atoms with Gasteiger partial charge in [0, 0.05) is 13.1 Å². The van der Waals surface area contributed by atoms with Gasteiger partial charge in [-0.25, -0.2) is 0 Å². The minimum atomic E-state index is -1.74. The number of hydrogen-bond acceptors (Lipinski definition) is 16. The van der Waals surface area contributed by atoms with Gasteiger partial charge in [0.2, 0.25) is 5.91 Å². The molecule has 0 radical (unpaired) electrons. The molecule has 0 aromatic rings. The predicted molar refractivity (Wildman–Crippen MR) is 291 cm³/mol. The maximum absolute atomic E-state index is 13.4. The molecule has 3 heterocycles. The molecule has 17 nitrogen and oxygen atoms in total. The van der Waals surface area contributed by atoms with E-state index in [4.69, 9.17) is 28.4 Å². The Morgan fingerprint density at radius 1 is 0.440 bits per heavy atom. The van der Waals surface area contributed by atoms with Gasteiger partial charge in [0.1, 0.15) is 61.0 Å². The summed E-state index contributed by atoms with van der Waals surface area (Å²) in [5.74, 6) is -0.0734. The van der Waals surface area contributed by atoms with Crippen LogP contribution in [0.2, 0.25) is 0 Å². The summed E-state index contributed by atoms with van der Waals surface area (Å²) in [7, 11) is 0. The lowest BCUT2D eigenvalue weighted by molar-refractivity contribution is -0.384. The Kier molecular flexibility index (Phi) is 38.0. The van der Waals surface area contributed by atoms with E-state index in [9.17, 15) is 45.6 Å². The fourth-order valence-electron chi connectivity index (χ4n) is 10.7. The third-order valence-electron chi connectivity index (χ3n) is 15.7. The van der Waals surface area contributed by atoms with E-state index in [1.807, 2.05) is 4.90 Å². The molecule has 3 rings (SSSR count). The molecular weight excluding hydrogens is 965 g/mol. The highest BCUT2D eigenvalue weighted by Crippen LogP contribution is 2.33. The smallest absolute Gasteiger partial charge is 0.234 e. The molecule has 444 valence electrons. The summed E-state index contributed by atoms with van der Waals surface area (Å²) in [5.41, 5.74) is 0. The molecular formula is C58H112N2O15. The van der Waals surface area contributed by atoms with Crippen LogP contribution in [0.5, 0.6) is 0 Å². The van der Waals surface area contributed by atoms with E-state index in [2.05, 4.69) is 19.2 Å². The fraction of sp³-hybridized carbons (Fsp3) is 0.983. The van der Waals surface area contributed by atoms with E-state index in [1.54, 1.807) is 0 Å². The first-order valence-corrected chi connectivity index (χ1v) is 30.6. The van der Waals surface area contributed by atoms with Gasteiger partial charge in [-0.15, -0.1) is 0 Å². The number of rotatable bonds is 45. The number of carbonyl (C=O) groups is 1. The molecule has 15 atom stereocenters. The first-order valence-electron chi connectivity index (χ1n) is 30.6. The minimum absolute atomic E-state index is 0.00401. The van der Waals surface area contributed by atoms with Crippen molar-refractivity contribution in [1.29, 1.82) is 0 Å². The molecule has 0 aromatic heterocycles. The molecule has 0 bridgehead atoms. The monoisotopic (exact) mass is 1080 g/mol. The third kappa shape index (κ3) is 27.3. The van der Waals surface area contributed by atoms with E-state index < -0.39 is 98.7 Å². The van der Waals surface area contributed by atoms with Crippen LogP contribution in [0, 0.1) is 0 Å². The number of ether oxygens (including phenoxy) is 6. The van der Waals surface area contributed by atoms with Crippen molar-refractivity contribution in [2.45, 2.75) is 325 Å². The van der Waals surface area contributed by atoms with Crippen LogP contribution >= 0.6 is 0 Å². The lowest BCUT2D eigenvalue weighted by Crippen LogP contribution is -2.66. The topological polar surface area (TPSA) is 250 Å². The summed E-state index contributed by atoms with van der Waals surface area (Å²) in [5, 5.41) is 88.8. The Labute approximate surface area is 453 Å². The molecule has 3 aliphatic rings. The van der Waals surface area contributed by atoms with Gasteiger partial charge in [0.25, 0.3) is 0 Å². The zero-order chi connectivity index (χ0) is 54.6. The fourth-order valence-corrected chi connectivity index (χ4v) is 10.7. The second kappa shape index (κ2) is 41.8. The molecule has 0 unspecified atom stereocenters. The summed E-state index contributed by atoms with van der Waals surface area (Å²) in [6.45, 7) is 8.53. The van der Waals surface area contributed by atoms with Gasteiger partial charge in [-0.3, -0.25) is 9.69 Å². The van der Waals surface area contributed by atoms with Gasteiger partial charge in [-0.1, -0.05) is 206 Å². The zero-order valence-electron chi connectivity index (χ0n) is 47.4. The van der Waals surface area contributed by atoms with Crippen LogP contribution in [-0.2, 0) is 33.2 Å². The number of aliphatic hydroxyl groups excluding tert-OH is 8. The highest BCUT2D eigenvalue weighted by Gasteiger charge is 2.53. The van der Waals surface area contributed by atoms with Gasteiger partial charge in [-0.2, -0.15) is 0 Å². The van der Waals surface area contributed by atoms with Gasteiger partial charge >= 0.3 is 0 Å². The molecule has 1 amide bonds. The molecule has 9 N–H and O–H groups in total. The molecule has 0 aliphatic carbocycles. The Morgan fingerprint density at radius 2 is 0.813 bits per heavy atom. The average Bonchev–Trinajstić information content (AvgIpc) is 3.40. The van der Waals surface area contributed by atoms with Gasteiger partial charge in [-0.05, 0) is 33.2 Å². The molecule has 17 heteroatoms. The quantitative estimate of drug-likeness (QED) is 0.0269.